The van der Waals surface area contributed by atoms with Crippen LogP contribution in [0, 0.1) is 28.5 Å². The van der Waals surface area contributed by atoms with E-state index < -0.39 is 61.4 Å². The summed E-state index contributed by atoms with van der Waals surface area (Å²) in [6.45, 7) is 61.6. The zero-order valence-corrected chi connectivity index (χ0v) is 109. The summed E-state index contributed by atoms with van der Waals surface area (Å²) in [6, 6.07) is 26.6. The molecule has 145 heavy (non-hydrogen) atoms. The Labute approximate surface area is 945 Å². The zero-order valence-electron chi connectivity index (χ0n) is 93.7. The van der Waals surface area contributed by atoms with Gasteiger partial charge in [-0.2, -0.15) is 0 Å². The zero-order chi connectivity index (χ0) is 109. The Balaban J connectivity index is 0.000000448. The first-order chi connectivity index (χ1) is 68.5. The van der Waals surface area contributed by atoms with Crippen molar-refractivity contribution < 1.29 is 35.3 Å². The van der Waals surface area contributed by atoms with Crippen molar-refractivity contribution in [2.45, 2.75) is 473 Å². The van der Waals surface area contributed by atoms with Crippen molar-refractivity contribution in [1.29, 1.82) is 0 Å². The number of hydrogen-bond acceptors (Lipinski definition) is 12. The predicted octanol–water partition coefficient (Wildman–Crippen LogP) is 44.6. The maximum atomic E-state index is 13.8. The largest absolute Gasteiger partial charge is 0.410 e. The molecule has 0 radical (unpaired) electrons. The SMILES string of the molecule is CCCCC(O[Si](CC)(CC)CC)c1c(Cl)cncc1Cl.CC[Si](CC)(CC)OC(CCCC(C)(C)C)c1c(Cl)cc(F)cc1Cl.CC[Si](CC)(CC)OC(CCCC(C)(C)F)c1c(Cl)cncc1Cl.CC[Si](CC)(CC)OC(CCCC(C)C(C)(C)C)c1c(Cl)cncc1Cl.CC[Si](CC)(CC)OC(CCCC1CC1)c1c(Cl)cncc1Cl.CC[Si](CC)(CC)OC(CCCc1ccncc1)c1c(Cl)cncc1Cl. The highest BCUT2D eigenvalue weighted by Crippen LogP contribution is 2.49. The third-order valence-corrected chi connectivity index (χ3v) is 62.4. The lowest BCUT2D eigenvalue weighted by molar-refractivity contribution is 0.152. The molecule has 0 saturated heterocycles. The Morgan fingerprint density at radius 1 is 0.303 bits per heavy atom. The molecule has 1 saturated carbocycles. The van der Waals surface area contributed by atoms with E-state index in [0.717, 1.165) is 232 Å². The van der Waals surface area contributed by atoms with Gasteiger partial charge in [0.1, 0.15) is 11.5 Å². The first kappa shape index (κ1) is 138. The second-order valence-corrected chi connectivity index (χ2v) is 75.7. The fourth-order valence-electron chi connectivity index (χ4n) is 18.9. The van der Waals surface area contributed by atoms with Gasteiger partial charge in [0.15, 0.2) is 49.9 Å². The normalized spacial score (nSPS) is 14.3. The van der Waals surface area contributed by atoms with Crippen LogP contribution in [0.15, 0.2) is 98.6 Å². The highest BCUT2D eigenvalue weighted by Gasteiger charge is 2.42. The van der Waals surface area contributed by atoms with Crippen LogP contribution < -0.4 is 0 Å². The molecule has 1 fully saturated rings. The van der Waals surface area contributed by atoms with E-state index in [9.17, 15) is 8.78 Å². The van der Waals surface area contributed by atoms with Crippen molar-refractivity contribution >= 4 is 189 Å². The van der Waals surface area contributed by atoms with Crippen LogP contribution in [-0.4, -0.2) is 85.5 Å². The number of alkyl halides is 1. The van der Waals surface area contributed by atoms with Crippen LogP contribution in [0.5, 0.6) is 0 Å². The van der Waals surface area contributed by atoms with Crippen molar-refractivity contribution in [3.63, 3.8) is 0 Å². The van der Waals surface area contributed by atoms with Crippen molar-refractivity contribution in [2.75, 3.05) is 0 Å². The number of benzene rings is 1. The number of aryl methyl sites for hydroxylation is 1. The van der Waals surface area contributed by atoms with Gasteiger partial charge in [0.2, 0.25) is 0 Å². The number of rotatable bonds is 58. The Morgan fingerprint density at radius 3 is 0.759 bits per heavy atom. The van der Waals surface area contributed by atoms with Crippen molar-refractivity contribution in [1.82, 2.24) is 29.9 Å². The van der Waals surface area contributed by atoms with E-state index in [1.165, 1.54) is 49.8 Å². The van der Waals surface area contributed by atoms with Gasteiger partial charge in [0.05, 0.1) is 96.9 Å². The number of aromatic nitrogens is 6. The van der Waals surface area contributed by atoms with E-state index in [-0.39, 0.29) is 42.0 Å². The van der Waals surface area contributed by atoms with E-state index in [4.69, 9.17) is 166 Å². The van der Waals surface area contributed by atoms with Crippen molar-refractivity contribution in [2.24, 2.45) is 22.7 Å². The molecule has 12 nitrogen and oxygen atoms in total. The molecule has 0 spiro atoms. The molecule has 0 amide bonds. The lowest BCUT2D eigenvalue weighted by Gasteiger charge is -2.35. The molecular weight excluding hydrogens is 2170 g/mol. The van der Waals surface area contributed by atoms with Crippen LogP contribution in [0.1, 0.15) is 391 Å². The molecule has 1 aromatic carbocycles. The summed E-state index contributed by atoms with van der Waals surface area (Å²) in [7, 11) is -10.6. The van der Waals surface area contributed by atoms with E-state index in [1.54, 1.807) is 75.8 Å². The van der Waals surface area contributed by atoms with Crippen LogP contribution in [0.25, 0.3) is 0 Å². The summed E-state index contributed by atoms with van der Waals surface area (Å²) in [6.07, 6.45) is 40.4. The summed E-state index contributed by atoms with van der Waals surface area (Å²) >= 11 is 76.9. The molecule has 0 bridgehead atoms. The molecule has 7 unspecified atom stereocenters. The van der Waals surface area contributed by atoms with Gasteiger partial charge in [0, 0.05) is 108 Å². The van der Waals surface area contributed by atoms with E-state index >= 15 is 0 Å². The molecule has 7 aromatic rings. The summed E-state index contributed by atoms with van der Waals surface area (Å²) in [4.78, 5) is 24.5. The monoisotopic (exact) mass is 2350 g/mol. The molecule has 0 N–H and O–H groups in total. The van der Waals surface area contributed by atoms with Gasteiger partial charge in [0.25, 0.3) is 0 Å². The maximum Gasteiger partial charge on any atom is 0.192 e. The average Bonchev–Trinajstić information content (AvgIpc) is 1.26. The van der Waals surface area contributed by atoms with Crippen LogP contribution in [0.3, 0.4) is 0 Å². The minimum absolute atomic E-state index is 0.000494. The molecule has 1 aliphatic carbocycles. The quantitative estimate of drug-likeness (QED) is 0.0336. The van der Waals surface area contributed by atoms with Gasteiger partial charge in [-0.3, -0.25) is 29.9 Å². The number of halogens is 14. The van der Waals surface area contributed by atoms with Crippen LogP contribution >= 0.6 is 139 Å². The van der Waals surface area contributed by atoms with Gasteiger partial charge < -0.3 is 26.6 Å². The molecule has 6 heterocycles. The minimum atomic E-state index is -1.84. The third kappa shape index (κ3) is 46.7. The highest BCUT2D eigenvalue weighted by molar-refractivity contribution is 6.76. The highest BCUT2D eigenvalue weighted by atomic mass is 35.5. The van der Waals surface area contributed by atoms with Crippen LogP contribution in [0.2, 0.25) is 169 Å². The second-order valence-electron chi connectivity index (χ2n) is 42.5. The fraction of sp³-hybridized carbons (Fsp3) is 0.681. The molecule has 1 aliphatic rings. The van der Waals surface area contributed by atoms with Gasteiger partial charge >= 0.3 is 0 Å². The summed E-state index contributed by atoms with van der Waals surface area (Å²) in [5.41, 5.74) is 5.97. The molecule has 824 valence electrons. The lowest BCUT2D eigenvalue weighted by atomic mass is 9.79. The summed E-state index contributed by atoms with van der Waals surface area (Å²) in [5, 5.41) is 6.75. The smallest absolute Gasteiger partial charge is 0.192 e. The van der Waals surface area contributed by atoms with E-state index in [0.29, 0.717) is 84.4 Å². The Hall–Kier alpha value is -1.48. The first-order valence-electron chi connectivity index (χ1n) is 54.7. The topological polar surface area (TPSA) is 133 Å². The molecule has 0 aliphatic heterocycles. The van der Waals surface area contributed by atoms with Crippen molar-refractivity contribution in [3.8, 4) is 0 Å². The number of unbranched alkanes of at least 4 members (excludes halogenated alkanes) is 1. The van der Waals surface area contributed by atoms with E-state index in [1.807, 2.05) is 12.4 Å². The minimum Gasteiger partial charge on any atom is -0.410 e. The first-order valence-corrected chi connectivity index (χ1v) is 74.4. The summed E-state index contributed by atoms with van der Waals surface area (Å²) in [5.74, 6) is 1.21. The Kier molecular flexibility index (Phi) is 66.1. The maximum absolute atomic E-state index is 13.8. The predicted molar refractivity (Wildman–Crippen MR) is 642 cm³/mol. The van der Waals surface area contributed by atoms with Gasteiger partial charge in [-0.05, 0) is 246 Å². The van der Waals surface area contributed by atoms with Crippen LogP contribution in [0.4, 0.5) is 8.78 Å². The van der Waals surface area contributed by atoms with Crippen molar-refractivity contribution in [3.05, 3.63) is 204 Å². The summed E-state index contributed by atoms with van der Waals surface area (Å²) < 4.78 is 68.0. The number of hydrogen-bond donors (Lipinski definition) is 0. The standard InChI is InChI=1S/C21H37Cl2NOSi.C20H33Cl2FOSi.C20H28Cl2N2OSi.C18H30Cl2FNOSi.C18H29Cl2NOSi.C16H27Cl2NOSi/c1-8-26(9-2,10-3)25-19(13-11-12-16(4)21(5,6)7)20-17(22)14-24-15-18(20)23;1-7-25(8-2,9-3)24-18(11-10-12-20(4,5)6)19-16(21)13-15(23)14-17(19)22;1-4-26(5-2,6-3)25-19(20-17(21)14-24-15-18(20)22)9-7-8-16-10-12-23-13-11-16;1-6-24(7-2,8-3)23-16(10-9-11-18(4,5)21)17-14(19)12-22-13-15(17)20;1-4-23(5-2,6-3)22-17(9-7-8-14-10-11-14)18-15(19)12-21-13-16(18)20;1-5-9-10-15(20-21(6-2,7-3)8-4)16-13(17)11-19-12-14(16)18/h14-16,19H,8-13H2,1-7H3;13-14,18H,7-12H2,1-6H3;10-15,19H,4-9H2,1-3H3;12-13,16H,6-11H2,1-5H3;12-14,17H,4-11H2,1-3H3;11-12,15H,5-10H2,1-4H3. The van der Waals surface area contributed by atoms with Gasteiger partial charge in [-0.25, -0.2) is 8.78 Å². The fourth-order valence-corrected chi connectivity index (χ4v) is 39.7. The molecule has 7 atom stereocenters. The molecule has 32 heteroatoms. The van der Waals surface area contributed by atoms with Gasteiger partial charge in [-0.15, -0.1) is 0 Å². The Bertz CT molecular complexity index is 4590. The molecule has 8 rings (SSSR count). The Morgan fingerprint density at radius 2 is 0.531 bits per heavy atom. The number of pyridine rings is 6. The van der Waals surface area contributed by atoms with Gasteiger partial charge in [-0.1, -0.05) is 377 Å². The third-order valence-electron chi connectivity index (χ3n) is 30.9. The molecule has 6 aromatic heterocycles. The van der Waals surface area contributed by atoms with E-state index in [2.05, 4.69) is 222 Å². The van der Waals surface area contributed by atoms with Crippen LogP contribution in [-0.2, 0) is 33.0 Å². The lowest BCUT2D eigenvalue weighted by Crippen LogP contribution is -2.37. The second kappa shape index (κ2) is 69.6. The average molecular weight is 2350 g/mol. The number of nitrogens with zero attached hydrogens (tertiary/aromatic N) is 6. The molecular formula is C113H184Cl12F2N6O6Si6.